The van der Waals surface area contributed by atoms with Gasteiger partial charge in [0.2, 0.25) is 0 Å². The summed E-state index contributed by atoms with van der Waals surface area (Å²) in [6.07, 6.45) is 0. The summed E-state index contributed by atoms with van der Waals surface area (Å²) < 4.78 is 0. The highest BCUT2D eigenvalue weighted by Gasteiger charge is 2.19. The molecule has 0 bridgehead atoms. The van der Waals surface area contributed by atoms with Gasteiger partial charge in [-0.3, -0.25) is 4.79 Å². The van der Waals surface area contributed by atoms with Gasteiger partial charge < -0.3 is 10.6 Å². The van der Waals surface area contributed by atoms with Gasteiger partial charge >= 0.3 is 0 Å². The van der Waals surface area contributed by atoms with Crippen molar-refractivity contribution < 1.29 is 4.79 Å². The molecule has 0 aliphatic carbocycles. The fourth-order valence-electron chi connectivity index (χ4n) is 2.03. The van der Waals surface area contributed by atoms with E-state index in [0.717, 1.165) is 5.56 Å². The highest BCUT2D eigenvalue weighted by atomic mass is 32.1. The Labute approximate surface area is 124 Å². The Kier molecular flexibility index (Phi) is 4.57. The van der Waals surface area contributed by atoms with Crippen molar-refractivity contribution in [3.8, 4) is 0 Å². The molecule has 4 heteroatoms. The fraction of sp³-hybridized carbons (Fsp3) is 0.312. The third kappa shape index (κ3) is 3.08. The first kappa shape index (κ1) is 14.8. The second-order valence-electron chi connectivity index (χ2n) is 4.94. The van der Waals surface area contributed by atoms with Crippen molar-refractivity contribution in [1.82, 2.24) is 4.90 Å². The van der Waals surface area contributed by atoms with Gasteiger partial charge in [0, 0.05) is 28.9 Å². The number of hydrogen-bond acceptors (Lipinski definition) is 3. The van der Waals surface area contributed by atoms with Crippen LogP contribution >= 0.6 is 11.3 Å². The third-order valence-corrected chi connectivity index (χ3v) is 4.68. The van der Waals surface area contributed by atoms with Crippen LogP contribution in [0.2, 0.25) is 0 Å². The van der Waals surface area contributed by atoms with Crippen molar-refractivity contribution in [2.24, 2.45) is 5.73 Å². The molecule has 2 N–H and O–H groups in total. The first-order valence-corrected chi connectivity index (χ1v) is 7.47. The highest BCUT2D eigenvalue weighted by molar-refractivity contribution is 7.12. The van der Waals surface area contributed by atoms with Crippen molar-refractivity contribution in [2.45, 2.75) is 26.4 Å². The lowest BCUT2D eigenvalue weighted by Gasteiger charge is -2.24. The molecule has 1 amide bonds. The van der Waals surface area contributed by atoms with E-state index in [-0.39, 0.29) is 11.9 Å². The standard InChI is InChI=1S/C16H20N2OS/c1-11-4-9-15(20-11)12(2)18(3)16(19)14-7-5-13(10-17)6-8-14/h4-9,12H,10,17H2,1-3H3. The molecule has 1 atom stereocenters. The average molecular weight is 288 g/mol. The van der Waals surface area contributed by atoms with Gasteiger partial charge in [0.25, 0.3) is 5.91 Å². The second-order valence-corrected chi connectivity index (χ2v) is 6.26. The molecule has 0 aliphatic heterocycles. The number of amides is 1. The quantitative estimate of drug-likeness (QED) is 0.938. The lowest BCUT2D eigenvalue weighted by molar-refractivity contribution is 0.0745. The summed E-state index contributed by atoms with van der Waals surface area (Å²) in [7, 11) is 1.85. The molecule has 3 nitrogen and oxygen atoms in total. The van der Waals surface area contributed by atoms with Gasteiger partial charge in [0.15, 0.2) is 0 Å². The molecule has 1 heterocycles. The Morgan fingerprint density at radius 2 is 1.90 bits per heavy atom. The number of nitrogens with two attached hydrogens (primary N) is 1. The summed E-state index contributed by atoms with van der Waals surface area (Å²) in [4.78, 5) is 16.7. The molecule has 0 fully saturated rings. The van der Waals surface area contributed by atoms with Crippen LogP contribution in [-0.4, -0.2) is 17.9 Å². The highest BCUT2D eigenvalue weighted by Crippen LogP contribution is 2.27. The van der Waals surface area contributed by atoms with Gasteiger partial charge in [-0.2, -0.15) is 0 Å². The Morgan fingerprint density at radius 1 is 1.25 bits per heavy atom. The fourth-order valence-corrected chi connectivity index (χ4v) is 3.00. The molecular weight excluding hydrogens is 268 g/mol. The van der Waals surface area contributed by atoms with Gasteiger partial charge in [-0.05, 0) is 43.7 Å². The van der Waals surface area contributed by atoms with E-state index >= 15 is 0 Å². The lowest BCUT2D eigenvalue weighted by Crippen LogP contribution is -2.29. The zero-order valence-corrected chi connectivity index (χ0v) is 12.9. The molecule has 0 saturated carbocycles. The number of carbonyl (C=O) groups excluding carboxylic acids is 1. The Bertz CT molecular complexity index is 589. The minimum absolute atomic E-state index is 0.0344. The first-order valence-electron chi connectivity index (χ1n) is 6.65. The molecule has 0 radical (unpaired) electrons. The van der Waals surface area contributed by atoms with Gasteiger partial charge in [-0.1, -0.05) is 12.1 Å². The number of carbonyl (C=O) groups is 1. The molecule has 2 aromatic rings. The van der Waals surface area contributed by atoms with Crippen LogP contribution in [0, 0.1) is 6.92 Å². The van der Waals surface area contributed by atoms with E-state index in [4.69, 9.17) is 5.73 Å². The van der Waals surface area contributed by atoms with Gasteiger partial charge in [-0.15, -0.1) is 11.3 Å². The van der Waals surface area contributed by atoms with Crippen molar-refractivity contribution >= 4 is 17.2 Å². The number of thiophene rings is 1. The Hall–Kier alpha value is -1.65. The van der Waals surface area contributed by atoms with Gasteiger partial charge in [0.1, 0.15) is 0 Å². The normalized spacial score (nSPS) is 12.2. The van der Waals surface area contributed by atoms with E-state index in [0.29, 0.717) is 12.1 Å². The molecule has 1 unspecified atom stereocenters. The summed E-state index contributed by atoms with van der Waals surface area (Å²) in [6, 6.07) is 11.7. The largest absolute Gasteiger partial charge is 0.334 e. The zero-order chi connectivity index (χ0) is 14.7. The number of hydrogen-bond donors (Lipinski definition) is 1. The molecule has 2 rings (SSSR count). The molecule has 106 valence electrons. The van der Waals surface area contributed by atoms with Crippen molar-refractivity contribution in [3.63, 3.8) is 0 Å². The topological polar surface area (TPSA) is 46.3 Å². The summed E-state index contributed by atoms with van der Waals surface area (Å²) >= 11 is 1.73. The summed E-state index contributed by atoms with van der Waals surface area (Å²) in [5, 5.41) is 0. The SMILES string of the molecule is Cc1ccc(C(C)N(C)C(=O)c2ccc(CN)cc2)s1. The molecule has 1 aromatic heterocycles. The van der Waals surface area contributed by atoms with Crippen LogP contribution in [0.5, 0.6) is 0 Å². The monoisotopic (exact) mass is 288 g/mol. The van der Waals surface area contributed by atoms with E-state index in [1.807, 2.05) is 31.3 Å². The number of nitrogens with zero attached hydrogens (tertiary/aromatic N) is 1. The molecule has 20 heavy (non-hydrogen) atoms. The first-order chi connectivity index (χ1) is 9.52. The maximum atomic E-state index is 12.5. The smallest absolute Gasteiger partial charge is 0.254 e. The van der Waals surface area contributed by atoms with E-state index in [2.05, 4.69) is 26.0 Å². The van der Waals surface area contributed by atoms with Crippen LogP contribution in [0.3, 0.4) is 0 Å². The third-order valence-electron chi connectivity index (χ3n) is 3.51. The van der Waals surface area contributed by atoms with E-state index in [1.165, 1.54) is 9.75 Å². The predicted molar refractivity (Wildman–Crippen MR) is 83.9 cm³/mol. The number of rotatable bonds is 4. The van der Waals surface area contributed by atoms with Gasteiger partial charge in [0.05, 0.1) is 6.04 Å². The molecule has 0 spiro atoms. The molecule has 0 saturated heterocycles. The summed E-state index contributed by atoms with van der Waals surface area (Å²) in [6.45, 7) is 4.63. The van der Waals surface area contributed by atoms with Crippen LogP contribution in [0.15, 0.2) is 36.4 Å². The number of benzene rings is 1. The minimum atomic E-state index is 0.0344. The number of aryl methyl sites for hydroxylation is 1. The molecule has 0 aliphatic rings. The van der Waals surface area contributed by atoms with Crippen LogP contribution in [0.25, 0.3) is 0 Å². The van der Waals surface area contributed by atoms with Gasteiger partial charge in [-0.25, -0.2) is 0 Å². The Morgan fingerprint density at radius 3 is 2.40 bits per heavy atom. The molecule has 1 aromatic carbocycles. The van der Waals surface area contributed by atoms with Crippen molar-refractivity contribution in [3.05, 3.63) is 57.3 Å². The zero-order valence-electron chi connectivity index (χ0n) is 12.1. The van der Waals surface area contributed by atoms with Crippen LogP contribution in [0.4, 0.5) is 0 Å². The maximum Gasteiger partial charge on any atom is 0.254 e. The van der Waals surface area contributed by atoms with Crippen LogP contribution in [0.1, 0.15) is 38.6 Å². The predicted octanol–water partition coefficient (Wildman–Crippen LogP) is 3.35. The van der Waals surface area contributed by atoms with Crippen LogP contribution < -0.4 is 5.73 Å². The van der Waals surface area contributed by atoms with E-state index in [1.54, 1.807) is 16.2 Å². The summed E-state index contributed by atoms with van der Waals surface area (Å²) in [5.41, 5.74) is 7.30. The van der Waals surface area contributed by atoms with Crippen molar-refractivity contribution in [1.29, 1.82) is 0 Å². The maximum absolute atomic E-state index is 12.5. The average Bonchev–Trinajstić information content (AvgIpc) is 2.91. The summed E-state index contributed by atoms with van der Waals surface area (Å²) in [5.74, 6) is 0.0344. The van der Waals surface area contributed by atoms with Crippen molar-refractivity contribution in [2.75, 3.05) is 7.05 Å². The van der Waals surface area contributed by atoms with E-state index in [9.17, 15) is 4.79 Å². The lowest BCUT2D eigenvalue weighted by atomic mass is 10.1. The minimum Gasteiger partial charge on any atom is -0.334 e. The molecular formula is C16H20N2OS. The van der Waals surface area contributed by atoms with E-state index < -0.39 is 0 Å². The Balaban J connectivity index is 2.14. The van der Waals surface area contributed by atoms with Crippen LogP contribution in [-0.2, 0) is 6.54 Å². The second kappa shape index (κ2) is 6.20.